The van der Waals surface area contributed by atoms with Gasteiger partial charge in [-0.3, -0.25) is 4.98 Å². The molecular weight excluding hydrogens is 314 g/mol. The van der Waals surface area contributed by atoms with Gasteiger partial charge in [-0.1, -0.05) is 0 Å². The second kappa shape index (κ2) is 8.30. The Balaban J connectivity index is 1.51. The molecule has 0 aliphatic heterocycles. The molecule has 0 saturated heterocycles. The SMILES string of the molecule is COc1ccc(-n2ccnc2CNCCNc2ccncc2C)cc1. The average molecular weight is 337 g/mol. The number of ether oxygens (including phenoxy) is 1. The van der Waals surface area contributed by atoms with E-state index in [0.29, 0.717) is 6.54 Å². The minimum Gasteiger partial charge on any atom is -0.497 e. The third-order valence-electron chi connectivity index (χ3n) is 3.99. The predicted octanol–water partition coefficient (Wildman–Crippen LogP) is 2.79. The molecule has 0 aliphatic carbocycles. The third-order valence-corrected chi connectivity index (χ3v) is 3.99. The normalized spacial score (nSPS) is 10.6. The largest absolute Gasteiger partial charge is 0.497 e. The van der Waals surface area contributed by atoms with Crippen molar-refractivity contribution in [2.75, 3.05) is 25.5 Å². The van der Waals surface area contributed by atoms with E-state index in [2.05, 4.69) is 32.1 Å². The van der Waals surface area contributed by atoms with Crippen LogP contribution in [0.25, 0.3) is 5.69 Å². The summed E-state index contributed by atoms with van der Waals surface area (Å²) in [5, 5.41) is 6.83. The van der Waals surface area contributed by atoms with Gasteiger partial charge in [0, 0.05) is 49.3 Å². The smallest absolute Gasteiger partial charge is 0.127 e. The minimum atomic E-state index is 0.704. The number of nitrogens with zero attached hydrogens (tertiary/aromatic N) is 3. The zero-order valence-corrected chi connectivity index (χ0v) is 14.6. The fourth-order valence-corrected chi connectivity index (χ4v) is 2.60. The highest BCUT2D eigenvalue weighted by Crippen LogP contribution is 2.16. The van der Waals surface area contributed by atoms with Gasteiger partial charge in [-0.2, -0.15) is 0 Å². The van der Waals surface area contributed by atoms with Gasteiger partial charge >= 0.3 is 0 Å². The zero-order chi connectivity index (χ0) is 17.5. The van der Waals surface area contributed by atoms with Crippen molar-refractivity contribution in [2.45, 2.75) is 13.5 Å². The number of benzene rings is 1. The van der Waals surface area contributed by atoms with Crippen LogP contribution in [-0.4, -0.2) is 34.7 Å². The van der Waals surface area contributed by atoms with Crippen LogP contribution in [0.5, 0.6) is 5.75 Å². The number of hydrogen-bond acceptors (Lipinski definition) is 5. The van der Waals surface area contributed by atoms with E-state index in [1.54, 1.807) is 13.3 Å². The molecular formula is C19H23N5O. The van der Waals surface area contributed by atoms with Crippen LogP contribution in [-0.2, 0) is 6.54 Å². The molecule has 0 aliphatic rings. The van der Waals surface area contributed by atoms with Crippen molar-refractivity contribution in [2.24, 2.45) is 0 Å². The molecule has 0 unspecified atom stereocenters. The molecule has 3 rings (SSSR count). The molecule has 0 atom stereocenters. The van der Waals surface area contributed by atoms with Crippen molar-refractivity contribution in [3.8, 4) is 11.4 Å². The quantitative estimate of drug-likeness (QED) is 0.619. The van der Waals surface area contributed by atoms with E-state index in [0.717, 1.165) is 41.6 Å². The average Bonchev–Trinajstić information content (AvgIpc) is 3.11. The topological polar surface area (TPSA) is 64.0 Å². The number of anilines is 1. The number of aryl methyl sites for hydroxylation is 1. The lowest BCUT2D eigenvalue weighted by Crippen LogP contribution is -2.23. The Kier molecular flexibility index (Phi) is 5.64. The molecule has 130 valence electrons. The summed E-state index contributed by atoms with van der Waals surface area (Å²) >= 11 is 0. The second-order valence-corrected chi connectivity index (χ2v) is 5.71. The molecule has 0 amide bonds. The monoisotopic (exact) mass is 337 g/mol. The lowest BCUT2D eigenvalue weighted by Gasteiger charge is -2.11. The van der Waals surface area contributed by atoms with E-state index in [9.17, 15) is 0 Å². The molecule has 0 radical (unpaired) electrons. The summed E-state index contributed by atoms with van der Waals surface area (Å²) in [6.07, 6.45) is 7.45. The molecule has 2 N–H and O–H groups in total. The van der Waals surface area contributed by atoms with Gasteiger partial charge < -0.3 is 19.9 Å². The van der Waals surface area contributed by atoms with Gasteiger partial charge in [0.1, 0.15) is 11.6 Å². The number of rotatable bonds is 8. The number of imidazole rings is 1. The van der Waals surface area contributed by atoms with Gasteiger partial charge in [-0.15, -0.1) is 0 Å². The van der Waals surface area contributed by atoms with Gasteiger partial charge in [0.05, 0.1) is 13.7 Å². The van der Waals surface area contributed by atoms with Gasteiger partial charge in [0.25, 0.3) is 0 Å². The van der Waals surface area contributed by atoms with Crippen LogP contribution < -0.4 is 15.4 Å². The molecule has 0 fully saturated rings. The number of hydrogen-bond donors (Lipinski definition) is 2. The standard InChI is InChI=1S/C19H23N5O/c1-15-13-20-8-7-18(15)22-10-9-21-14-19-23-11-12-24(19)16-3-5-17(25-2)6-4-16/h3-8,11-13,21H,9-10,14H2,1-2H3,(H,20,22). The fraction of sp³-hybridized carbons (Fsp3) is 0.263. The van der Waals surface area contributed by atoms with Crippen molar-refractivity contribution in [3.05, 3.63) is 66.5 Å². The molecule has 25 heavy (non-hydrogen) atoms. The first-order chi connectivity index (χ1) is 12.3. The summed E-state index contributed by atoms with van der Waals surface area (Å²) in [6, 6.07) is 9.95. The third kappa shape index (κ3) is 4.36. The van der Waals surface area contributed by atoms with Crippen molar-refractivity contribution < 1.29 is 4.74 Å². The number of nitrogens with one attached hydrogen (secondary N) is 2. The van der Waals surface area contributed by atoms with Gasteiger partial charge in [-0.05, 0) is 42.8 Å². The first-order valence-corrected chi connectivity index (χ1v) is 8.30. The number of methoxy groups -OCH3 is 1. The maximum atomic E-state index is 5.21. The van der Waals surface area contributed by atoms with Crippen molar-refractivity contribution in [3.63, 3.8) is 0 Å². The first kappa shape index (κ1) is 17.0. The van der Waals surface area contributed by atoms with Gasteiger partial charge in [-0.25, -0.2) is 4.98 Å². The van der Waals surface area contributed by atoms with Crippen molar-refractivity contribution >= 4 is 5.69 Å². The van der Waals surface area contributed by atoms with E-state index in [1.165, 1.54) is 0 Å². The lowest BCUT2D eigenvalue weighted by molar-refractivity contribution is 0.414. The highest BCUT2D eigenvalue weighted by molar-refractivity contribution is 5.48. The molecule has 0 bridgehead atoms. The highest BCUT2D eigenvalue weighted by Gasteiger charge is 2.05. The van der Waals surface area contributed by atoms with E-state index in [4.69, 9.17) is 4.74 Å². The Morgan fingerprint density at radius 1 is 1.08 bits per heavy atom. The summed E-state index contributed by atoms with van der Waals surface area (Å²) in [5.41, 5.74) is 3.34. The van der Waals surface area contributed by atoms with Crippen LogP contribution in [0.1, 0.15) is 11.4 Å². The summed E-state index contributed by atoms with van der Waals surface area (Å²) < 4.78 is 7.28. The van der Waals surface area contributed by atoms with E-state index in [1.807, 2.05) is 48.9 Å². The fourth-order valence-electron chi connectivity index (χ4n) is 2.60. The summed E-state index contributed by atoms with van der Waals surface area (Å²) in [7, 11) is 1.67. The van der Waals surface area contributed by atoms with Crippen LogP contribution >= 0.6 is 0 Å². The Morgan fingerprint density at radius 3 is 2.68 bits per heavy atom. The Morgan fingerprint density at radius 2 is 1.92 bits per heavy atom. The molecule has 2 aromatic heterocycles. The molecule has 6 heteroatoms. The van der Waals surface area contributed by atoms with E-state index >= 15 is 0 Å². The van der Waals surface area contributed by atoms with Crippen LogP contribution in [0, 0.1) is 6.92 Å². The molecule has 6 nitrogen and oxygen atoms in total. The van der Waals surface area contributed by atoms with Crippen LogP contribution in [0.3, 0.4) is 0 Å². The Hall–Kier alpha value is -2.86. The number of aromatic nitrogens is 3. The molecule has 2 heterocycles. The van der Waals surface area contributed by atoms with E-state index in [-0.39, 0.29) is 0 Å². The van der Waals surface area contributed by atoms with Gasteiger partial charge in [0.15, 0.2) is 0 Å². The lowest BCUT2D eigenvalue weighted by atomic mass is 10.2. The predicted molar refractivity (Wildman–Crippen MR) is 99.3 cm³/mol. The van der Waals surface area contributed by atoms with Gasteiger partial charge in [0.2, 0.25) is 0 Å². The second-order valence-electron chi connectivity index (χ2n) is 5.71. The summed E-state index contributed by atoms with van der Waals surface area (Å²) in [6.45, 7) is 4.44. The molecule has 1 aromatic carbocycles. The molecule has 3 aromatic rings. The molecule has 0 saturated carbocycles. The summed E-state index contributed by atoms with van der Waals surface area (Å²) in [4.78, 5) is 8.54. The van der Waals surface area contributed by atoms with Crippen molar-refractivity contribution in [1.29, 1.82) is 0 Å². The van der Waals surface area contributed by atoms with Crippen molar-refractivity contribution in [1.82, 2.24) is 19.9 Å². The highest BCUT2D eigenvalue weighted by atomic mass is 16.5. The zero-order valence-electron chi connectivity index (χ0n) is 14.6. The maximum Gasteiger partial charge on any atom is 0.127 e. The maximum absolute atomic E-state index is 5.21. The van der Waals surface area contributed by atoms with Crippen LogP contribution in [0.15, 0.2) is 55.1 Å². The Bertz CT molecular complexity index is 798. The minimum absolute atomic E-state index is 0.704. The number of pyridine rings is 1. The Labute approximate surface area is 147 Å². The first-order valence-electron chi connectivity index (χ1n) is 8.30. The van der Waals surface area contributed by atoms with E-state index < -0.39 is 0 Å². The van der Waals surface area contributed by atoms with Crippen LogP contribution in [0.4, 0.5) is 5.69 Å². The summed E-state index contributed by atoms with van der Waals surface area (Å²) in [5.74, 6) is 1.83. The van der Waals surface area contributed by atoms with Crippen LogP contribution in [0.2, 0.25) is 0 Å². The molecule has 0 spiro atoms.